The Kier molecular flexibility index (Phi) is 3.92. The topological polar surface area (TPSA) is 26.3 Å². The lowest BCUT2D eigenvalue weighted by Crippen LogP contribution is -2.00. The SMILES string of the molecule is C=CCCOc1c(C)cccc1C=O. The zero-order chi connectivity index (χ0) is 10.4. The van der Waals surface area contributed by atoms with Crippen LogP contribution in [-0.4, -0.2) is 12.9 Å². The van der Waals surface area contributed by atoms with E-state index in [0.717, 1.165) is 18.3 Å². The Balaban J connectivity index is 2.81. The van der Waals surface area contributed by atoms with Gasteiger partial charge < -0.3 is 4.74 Å². The van der Waals surface area contributed by atoms with E-state index in [0.29, 0.717) is 17.9 Å². The molecule has 0 saturated heterocycles. The van der Waals surface area contributed by atoms with E-state index in [4.69, 9.17) is 4.74 Å². The summed E-state index contributed by atoms with van der Waals surface area (Å²) in [5.41, 5.74) is 1.59. The number of carbonyl (C=O) groups is 1. The van der Waals surface area contributed by atoms with E-state index in [1.807, 2.05) is 19.1 Å². The summed E-state index contributed by atoms with van der Waals surface area (Å²) >= 11 is 0. The molecule has 0 aromatic heterocycles. The molecule has 0 N–H and O–H groups in total. The highest BCUT2D eigenvalue weighted by Gasteiger charge is 2.04. The first kappa shape index (κ1) is 10.5. The smallest absolute Gasteiger partial charge is 0.153 e. The minimum Gasteiger partial charge on any atom is -0.492 e. The van der Waals surface area contributed by atoms with Gasteiger partial charge in [-0.15, -0.1) is 6.58 Å². The van der Waals surface area contributed by atoms with Crippen molar-refractivity contribution in [2.45, 2.75) is 13.3 Å². The Bertz CT molecular complexity index is 329. The highest BCUT2D eigenvalue weighted by molar-refractivity contribution is 5.80. The molecule has 0 radical (unpaired) electrons. The lowest BCUT2D eigenvalue weighted by atomic mass is 10.1. The quantitative estimate of drug-likeness (QED) is 0.405. The molecule has 0 amide bonds. The van der Waals surface area contributed by atoms with Crippen LogP contribution in [-0.2, 0) is 0 Å². The molecule has 2 heteroatoms. The van der Waals surface area contributed by atoms with Crippen molar-refractivity contribution in [2.75, 3.05) is 6.61 Å². The lowest BCUT2D eigenvalue weighted by Gasteiger charge is -2.09. The maximum atomic E-state index is 10.7. The first-order valence-electron chi connectivity index (χ1n) is 4.58. The summed E-state index contributed by atoms with van der Waals surface area (Å²) in [6.07, 6.45) is 3.39. The van der Waals surface area contributed by atoms with E-state index in [9.17, 15) is 4.79 Å². The largest absolute Gasteiger partial charge is 0.492 e. The molecule has 1 aromatic carbocycles. The van der Waals surface area contributed by atoms with Crippen LogP contribution in [0.2, 0.25) is 0 Å². The summed E-state index contributed by atoms with van der Waals surface area (Å²) in [5.74, 6) is 0.685. The van der Waals surface area contributed by atoms with Gasteiger partial charge in [-0.3, -0.25) is 4.79 Å². The molecular formula is C12H14O2. The summed E-state index contributed by atoms with van der Waals surface area (Å²) < 4.78 is 5.50. The van der Waals surface area contributed by atoms with Gasteiger partial charge in [0.1, 0.15) is 5.75 Å². The van der Waals surface area contributed by atoms with E-state index in [2.05, 4.69) is 6.58 Å². The number of aryl methyl sites for hydroxylation is 1. The molecular weight excluding hydrogens is 176 g/mol. The number of rotatable bonds is 5. The van der Waals surface area contributed by atoms with Gasteiger partial charge in [0, 0.05) is 0 Å². The van der Waals surface area contributed by atoms with Crippen LogP contribution in [0.3, 0.4) is 0 Å². The summed E-state index contributed by atoms with van der Waals surface area (Å²) in [6.45, 7) is 6.10. The van der Waals surface area contributed by atoms with Crippen LogP contribution >= 0.6 is 0 Å². The predicted molar refractivity (Wildman–Crippen MR) is 56.9 cm³/mol. The van der Waals surface area contributed by atoms with E-state index in [1.165, 1.54) is 0 Å². The fourth-order valence-corrected chi connectivity index (χ4v) is 1.21. The number of hydrogen-bond donors (Lipinski definition) is 0. The monoisotopic (exact) mass is 190 g/mol. The first-order chi connectivity index (χ1) is 6.79. The molecule has 0 aliphatic rings. The van der Waals surface area contributed by atoms with Gasteiger partial charge in [0.15, 0.2) is 6.29 Å². The molecule has 1 aromatic rings. The molecule has 14 heavy (non-hydrogen) atoms. The van der Waals surface area contributed by atoms with Crippen molar-refractivity contribution in [1.29, 1.82) is 0 Å². The van der Waals surface area contributed by atoms with E-state index >= 15 is 0 Å². The van der Waals surface area contributed by atoms with Crippen molar-refractivity contribution < 1.29 is 9.53 Å². The van der Waals surface area contributed by atoms with Gasteiger partial charge >= 0.3 is 0 Å². The van der Waals surface area contributed by atoms with E-state index in [-0.39, 0.29) is 0 Å². The van der Waals surface area contributed by atoms with Gasteiger partial charge in [0.05, 0.1) is 12.2 Å². The van der Waals surface area contributed by atoms with Crippen molar-refractivity contribution >= 4 is 6.29 Å². The number of carbonyl (C=O) groups excluding carboxylic acids is 1. The molecule has 0 bridgehead atoms. The van der Waals surface area contributed by atoms with Crippen LogP contribution < -0.4 is 4.74 Å². The molecule has 0 heterocycles. The third kappa shape index (κ3) is 2.46. The number of aldehydes is 1. The standard InChI is InChI=1S/C12H14O2/c1-3-4-8-14-12-10(2)6-5-7-11(12)9-13/h3,5-7,9H,1,4,8H2,2H3. The molecule has 0 aliphatic heterocycles. The summed E-state index contributed by atoms with van der Waals surface area (Å²) in [7, 11) is 0. The second-order valence-electron chi connectivity index (χ2n) is 3.04. The zero-order valence-corrected chi connectivity index (χ0v) is 8.32. The Hall–Kier alpha value is -1.57. The van der Waals surface area contributed by atoms with Gasteiger partial charge in [-0.05, 0) is 25.0 Å². The van der Waals surface area contributed by atoms with Crippen molar-refractivity contribution in [3.63, 3.8) is 0 Å². The Morgan fingerprint density at radius 2 is 2.29 bits per heavy atom. The molecule has 0 aliphatic carbocycles. The fraction of sp³-hybridized carbons (Fsp3) is 0.250. The van der Waals surface area contributed by atoms with Crippen LogP contribution in [0, 0.1) is 6.92 Å². The average Bonchev–Trinajstić information content (AvgIpc) is 2.20. The number of benzene rings is 1. The van der Waals surface area contributed by atoms with E-state index < -0.39 is 0 Å². The van der Waals surface area contributed by atoms with Crippen molar-refractivity contribution in [1.82, 2.24) is 0 Å². The molecule has 0 saturated carbocycles. The van der Waals surface area contributed by atoms with Crippen LogP contribution in [0.25, 0.3) is 0 Å². The van der Waals surface area contributed by atoms with Crippen molar-refractivity contribution in [3.8, 4) is 5.75 Å². The molecule has 0 fully saturated rings. The summed E-state index contributed by atoms with van der Waals surface area (Å²) in [4.78, 5) is 10.7. The molecule has 1 rings (SSSR count). The lowest BCUT2D eigenvalue weighted by molar-refractivity contribution is 0.111. The minimum absolute atomic E-state index is 0.565. The van der Waals surface area contributed by atoms with Crippen molar-refractivity contribution in [2.24, 2.45) is 0 Å². The normalized spacial score (nSPS) is 9.50. The third-order valence-corrected chi connectivity index (χ3v) is 1.94. The molecule has 2 nitrogen and oxygen atoms in total. The molecule has 0 spiro atoms. The van der Waals surface area contributed by atoms with Crippen LogP contribution in [0.4, 0.5) is 0 Å². The van der Waals surface area contributed by atoms with Crippen molar-refractivity contribution in [3.05, 3.63) is 42.0 Å². The summed E-state index contributed by atoms with van der Waals surface area (Å²) in [6, 6.07) is 5.53. The highest BCUT2D eigenvalue weighted by atomic mass is 16.5. The summed E-state index contributed by atoms with van der Waals surface area (Å²) in [5, 5.41) is 0. The molecule has 0 atom stereocenters. The van der Waals surface area contributed by atoms with Gasteiger partial charge in [0.25, 0.3) is 0 Å². The first-order valence-corrected chi connectivity index (χ1v) is 4.58. The minimum atomic E-state index is 0.565. The average molecular weight is 190 g/mol. The van der Waals surface area contributed by atoms with Gasteiger partial charge in [0.2, 0.25) is 0 Å². The number of para-hydroxylation sites is 1. The fourth-order valence-electron chi connectivity index (χ4n) is 1.21. The van der Waals surface area contributed by atoms with Crippen LogP contribution in [0.15, 0.2) is 30.9 Å². The second kappa shape index (κ2) is 5.22. The van der Waals surface area contributed by atoms with Gasteiger partial charge in [-0.25, -0.2) is 0 Å². The zero-order valence-electron chi connectivity index (χ0n) is 8.32. The predicted octanol–water partition coefficient (Wildman–Crippen LogP) is 2.76. The maximum Gasteiger partial charge on any atom is 0.153 e. The van der Waals surface area contributed by atoms with E-state index in [1.54, 1.807) is 12.1 Å². The third-order valence-electron chi connectivity index (χ3n) is 1.94. The Labute approximate surface area is 84.2 Å². The number of ether oxygens (including phenoxy) is 1. The second-order valence-corrected chi connectivity index (χ2v) is 3.04. The van der Waals surface area contributed by atoms with Crippen LogP contribution in [0.5, 0.6) is 5.75 Å². The molecule has 74 valence electrons. The van der Waals surface area contributed by atoms with Gasteiger partial charge in [-0.1, -0.05) is 18.2 Å². The van der Waals surface area contributed by atoms with Crippen LogP contribution in [0.1, 0.15) is 22.3 Å². The molecule has 0 unspecified atom stereocenters. The highest BCUT2D eigenvalue weighted by Crippen LogP contribution is 2.21. The van der Waals surface area contributed by atoms with Gasteiger partial charge in [-0.2, -0.15) is 0 Å². The Morgan fingerprint density at radius 3 is 2.93 bits per heavy atom. The Morgan fingerprint density at radius 1 is 1.50 bits per heavy atom. The maximum absolute atomic E-state index is 10.7. The number of hydrogen-bond acceptors (Lipinski definition) is 2.